The average molecular weight is 327 g/mol. The van der Waals surface area contributed by atoms with Crippen LogP contribution in [-0.2, 0) is 10.0 Å². The second-order valence-electron chi connectivity index (χ2n) is 5.53. The Hall–Kier alpha value is -1.41. The molecular weight excluding hydrogens is 302 g/mol. The molecule has 0 unspecified atom stereocenters. The molecule has 0 bridgehead atoms. The van der Waals surface area contributed by atoms with E-state index in [0.29, 0.717) is 25.5 Å². The molecule has 0 amide bonds. The van der Waals surface area contributed by atoms with Crippen LogP contribution < -0.4 is 14.9 Å². The molecule has 8 heteroatoms. The predicted octanol–water partition coefficient (Wildman–Crippen LogP) is 1.13. The predicted molar refractivity (Wildman–Crippen MR) is 88.8 cm³/mol. The van der Waals surface area contributed by atoms with Crippen LogP contribution in [0, 0.1) is 6.92 Å². The average Bonchev–Trinajstić information content (AvgIpc) is 2.97. The van der Waals surface area contributed by atoms with E-state index in [1.54, 1.807) is 0 Å². The summed E-state index contributed by atoms with van der Waals surface area (Å²) in [5.74, 6) is 1.66. The lowest BCUT2D eigenvalue weighted by atomic mass is 10.4. The number of hydrogen-bond acceptors (Lipinski definition) is 6. The van der Waals surface area contributed by atoms with Crippen LogP contribution in [0.15, 0.2) is 6.07 Å². The Morgan fingerprint density at radius 2 is 1.95 bits per heavy atom. The zero-order valence-electron chi connectivity index (χ0n) is 13.3. The van der Waals surface area contributed by atoms with Gasteiger partial charge in [-0.2, -0.15) is 4.98 Å². The summed E-state index contributed by atoms with van der Waals surface area (Å²) in [5.41, 5.74) is 0.908. The normalized spacial score (nSPS) is 15.3. The maximum Gasteiger partial charge on any atom is 0.224 e. The summed E-state index contributed by atoms with van der Waals surface area (Å²) in [5, 5.41) is 3.09. The molecular formula is C14H25N5O2S. The zero-order valence-corrected chi connectivity index (χ0v) is 14.1. The number of nitrogens with zero attached hydrogens (tertiary/aromatic N) is 3. The lowest BCUT2D eigenvalue weighted by molar-refractivity contribution is 0.581. The van der Waals surface area contributed by atoms with Crippen molar-refractivity contribution in [2.24, 2.45) is 0 Å². The van der Waals surface area contributed by atoms with Gasteiger partial charge < -0.3 is 10.2 Å². The van der Waals surface area contributed by atoms with Gasteiger partial charge in [0, 0.05) is 37.9 Å². The Morgan fingerprint density at radius 1 is 1.23 bits per heavy atom. The third-order valence-corrected chi connectivity index (χ3v) is 5.06. The van der Waals surface area contributed by atoms with Crippen LogP contribution >= 0.6 is 0 Å². The van der Waals surface area contributed by atoms with E-state index in [0.717, 1.165) is 24.6 Å². The van der Waals surface area contributed by atoms with Gasteiger partial charge in [0.15, 0.2) is 0 Å². The summed E-state index contributed by atoms with van der Waals surface area (Å²) in [6.45, 7) is 6.65. The minimum Gasteiger partial charge on any atom is -0.356 e. The van der Waals surface area contributed by atoms with Crippen molar-refractivity contribution in [1.82, 2.24) is 14.7 Å². The topological polar surface area (TPSA) is 87.2 Å². The molecule has 0 radical (unpaired) electrons. The molecule has 124 valence electrons. The van der Waals surface area contributed by atoms with Crippen molar-refractivity contribution in [3.05, 3.63) is 11.8 Å². The van der Waals surface area contributed by atoms with Crippen molar-refractivity contribution in [2.75, 3.05) is 42.1 Å². The monoisotopic (exact) mass is 327 g/mol. The number of sulfonamides is 1. The highest BCUT2D eigenvalue weighted by Gasteiger charge is 2.15. The number of anilines is 2. The fourth-order valence-corrected chi connectivity index (χ4v) is 3.56. The molecule has 1 aliphatic rings. The molecule has 1 aromatic rings. The van der Waals surface area contributed by atoms with Crippen molar-refractivity contribution in [3.63, 3.8) is 0 Å². The maximum absolute atomic E-state index is 11.5. The van der Waals surface area contributed by atoms with Crippen LogP contribution in [0.4, 0.5) is 11.8 Å². The molecule has 0 saturated carbocycles. The van der Waals surface area contributed by atoms with Crippen LogP contribution in [0.25, 0.3) is 0 Å². The Morgan fingerprint density at radius 3 is 2.64 bits per heavy atom. The van der Waals surface area contributed by atoms with Crippen molar-refractivity contribution in [3.8, 4) is 0 Å². The van der Waals surface area contributed by atoms with Gasteiger partial charge in [0.1, 0.15) is 5.82 Å². The first-order chi connectivity index (χ1) is 10.5. The van der Waals surface area contributed by atoms with Gasteiger partial charge in [-0.25, -0.2) is 18.1 Å². The molecule has 2 heterocycles. The zero-order chi connectivity index (χ0) is 16.0. The van der Waals surface area contributed by atoms with E-state index in [-0.39, 0.29) is 5.75 Å². The standard InChI is InChI=1S/C14H25N5O2S/c1-3-10-22(20,21)16-7-6-15-14-17-12(2)11-13(18-14)19-8-4-5-9-19/h11,16H,3-10H2,1-2H3,(H,15,17,18). The molecule has 22 heavy (non-hydrogen) atoms. The Balaban J connectivity index is 1.87. The summed E-state index contributed by atoms with van der Waals surface area (Å²) in [7, 11) is -3.15. The molecule has 0 aliphatic carbocycles. The van der Waals surface area contributed by atoms with Gasteiger partial charge in [-0.1, -0.05) is 6.92 Å². The smallest absolute Gasteiger partial charge is 0.224 e. The van der Waals surface area contributed by atoms with Crippen LogP contribution in [0.5, 0.6) is 0 Å². The Bertz CT molecular complexity index is 585. The third kappa shape index (κ3) is 5.10. The van der Waals surface area contributed by atoms with Crippen LogP contribution in [0.1, 0.15) is 31.9 Å². The minimum atomic E-state index is -3.15. The van der Waals surface area contributed by atoms with Gasteiger partial charge in [0.05, 0.1) is 5.75 Å². The number of rotatable bonds is 8. The van der Waals surface area contributed by atoms with Crippen LogP contribution in [0.3, 0.4) is 0 Å². The largest absolute Gasteiger partial charge is 0.356 e. The van der Waals surface area contributed by atoms with Gasteiger partial charge in [-0.05, 0) is 26.2 Å². The molecule has 2 N–H and O–H groups in total. The van der Waals surface area contributed by atoms with Crippen LogP contribution in [-0.4, -0.2) is 50.3 Å². The summed E-state index contributed by atoms with van der Waals surface area (Å²) in [6, 6.07) is 1.99. The van der Waals surface area contributed by atoms with Crippen molar-refractivity contribution in [1.29, 1.82) is 0 Å². The Labute approximate surface area is 132 Å². The molecule has 1 aliphatic heterocycles. The van der Waals surface area contributed by atoms with Crippen LogP contribution in [0.2, 0.25) is 0 Å². The van der Waals surface area contributed by atoms with E-state index in [1.165, 1.54) is 12.8 Å². The molecule has 1 fully saturated rings. The highest BCUT2D eigenvalue weighted by molar-refractivity contribution is 7.89. The number of hydrogen-bond donors (Lipinski definition) is 2. The summed E-state index contributed by atoms with van der Waals surface area (Å²) in [4.78, 5) is 11.1. The molecule has 0 aromatic carbocycles. The molecule has 7 nitrogen and oxygen atoms in total. The fraction of sp³-hybridized carbons (Fsp3) is 0.714. The summed E-state index contributed by atoms with van der Waals surface area (Å²) in [6.07, 6.45) is 3.01. The van der Waals surface area contributed by atoms with E-state index >= 15 is 0 Å². The Kier molecular flexibility index (Phi) is 5.96. The molecule has 1 saturated heterocycles. The number of aryl methyl sites for hydroxylation is 1. The molecule has 1 aromatic heterocycles. The fourth-order valence-electron chi connectivity index (χ4n) is 2.46. The van der Waals surface area contributed by atoms with E-state index in [4.69, 9.17) is 0 Å². The number of nitrogens with one attached hydrogen (secondary N) is 2. The van der Waals surface area contributed by atoms with Gasteiger partial charge in [-0.15, -0.1) is 0 Å². The first-order valence-corrected chi connectivity index (χ1v) is 9.47. The highest BCUT2D eigenvalue weighted by atomic mass is 32.2. The minimum absolute atomic E-state index is 0.160. The maximum atomic E-state index is 11.5. The van der Waals surface area contributed by atoms with Gasteiger partial charge in [0.2, 0.25) is 16.0 Å². The van der Waals surface area contributed by atoms with E-state index in [2.05, 4.69) is 24.9 Å². The SMILES string of the molecule is CCCS(=O)(=O)NCCNc1nc(C)cc(N2CCCC2)n1. The van der Waals surface area contributed by atoms with E-state index < -0.39 is 10.0 Å². The second-order valence-corrected chi connectivity index (χ2v) is 7.45. The molecule has 0 atom stereocenters. The number of aromatic nitrogens is 2. The lowest BCUT2D eigenvalue weighted by Gasteiger charge is -2.17. The summed E-state index contributed by atoms with van der Waals surface area (Å²) >= 11 is 0. The quantitative estimate of drug-likeness (QED) is 0.696. The molecule has 0 spiro atoms. The van der Waals surface area contributed by atoms with E-state index in [9.17, 15) is 8.42 Å². The molecule has 2 rings (SSSR count). The second kappa shape index (κ2) is 7.73. The van der Waals surface area contributed by atoms with Crippen molar-refractivity contribution >= 4 is 21.8 Å². The highest BCUT2D eigenvalue weighted by Crippen LogP contribution is 2.19. The first kappa shape index (κ1) is 17.0. The van der Waals surface area contributed by atoms with E-state index in [1.807, 2.05) is 19.9 Å². The first-order valence-electron chi connectivity index (χ1n) is 7.82. The summed E-state index contributed by atoms with van der Waals surface area (Å²) < 4.78 is 25.7. The third-order valence-electron chi connectivity index (χ3n) is 3.47. The van der Waals surface area contributed by atoms with Crippen molar-refractivity contribution in [2.45, 2.75) is 33.1 Å². The van der Waals surface area contributed by atoms with Gasteiger partial charge >= 0.3 is 0 Å². The van der Waals surface area contributed by atoms with Gasteiger partial charge in [0.25, 0.3) is 0 Å². The van der Waals surface area contributed by atoms with Gasteiger partial charge in [-0.3, -0.25) is 0 Å². The lowest BCUT2D eigenvalue weighted by Crippen LogP contribution is -2.31. The van der Waals surface area contributed by atoms with Crippen molar-refractivity contribution < 1.29 is 8.42 Å².